The second kappa shape index (κ2) is 7.83. The first kappa shape index (κ1) is 17.0. The first-order chi connectivity index (χ1) is 12.1. The van der Waals surface area contributed by atoms with Crippen LogP contribution in [0.4, 0.5) is 0 Å². The topological polar surface area (TPSA) is 69.6 Å². The first-order valence-electron chi connectivity index (χ1n) is 8.52. The Morgan fingerprint density at radius 2 is 1.84 bits per heavy atom. The molecule has 1 heterocycles. The Balaban J connectivity index is 1.58. The molecule has 2 aromatic rings. The Morgan fingerprint density at radius 1 is 1.08 bits per heavy atom. The number of amides is 2. The molecule has 130 valence electrons. The van der Waals surface area contributed by atoms with Crippen LogP contribution in [0.2, 0.25) is 0 Å². The molecule has 1 fully saturated rings. The SMILES string of the molecule is O=C(NCc1cccc(O)c1)C1CCCN1C(=O)Cc1ccccc1. The standard InChI is InChI=1S/C20H22N2O3/c23-17-9-4-8-16(12-17)14-21-20(25)18-10-5-11-22(18)19(24)13-15-6-2-1-3-7-15/h1-4,6-9,12,18,23H,5,10-11,13-14H2,(H,21,25). The van der Waals surface area contributed by atoms with E-state index in [0.29, 0.717) is 25.9 Å². The molecule has 0 bridgehead atoms. The third-order valence-corrected chi connectivity index (χ3v) is 4.45. The predicted molar refractivity (Wildman–Crippen MR) is 94.8 cm³/mol. The lowest BCUT2D eigenvalue weighted by Crippen LogP contribution is -2.46. The molecule has 0 saturated carbocycles. The van der Waals surface area contributed by atoms with Gasteiger partial charge in [-0.2, -0.15) is 0 Å². The van der Waals surface area contributed by atoms with Gasteiger partial charge in [-0.1, -0.05) is 42.5 Å². The molecule has 0 aliphatic carbocycles. The van der Waals surface area contributed by atoms with Crippen molar-refractivity contribution in [1.29, 1.82) is 0 Å². The molecule has 5 nitrogen and oxygen atoms in total. The number of carbonyl (C=O) groups excluding carboxylic acids is 2. The summed E-state index contributed by atoms with van der Waals surface area (Å²) >= 11 is 0. The van der Waals surface area contributed by atoms with Crippen molar-refractivity contribution in [2.24, 2.45) is 0 Å². The number of hydrogen-bond donors (Lipinski definition) is 2. The summed E-state index contributed by atoms with van der Waals surface area (Å²) in [5.74, 6) is 0.0238. The van der Waals surface area contributed by atoms with E-state index in [4.69, 9.17) is 0 Å². The molecule has 2 amide bonds. The van der Waals surface area contributed by atoms with Crippen LogP contribution in [0.3, 0.4) is 0 Å². The average Bonchev–Trinajstić information content (AvgIpc) is 3.11. The van der Waals surface area contributed by atoms with Crippen LogP contribution in [0, 0.1) is 0 Å². The van der Waals surface area contributed by atoms with Crippen molar-refractivity contribution >= 4 is 11.8 Å². The zero-order chi connectivity index (χ0) is 17.6. The van der Waals surface area contributed by atoms with E-state index in [9.17, 15) is 14.7 Å². The van der Waals surface area contributed by atoms with E-state index in [1.54, 1.807) is 23.1 Å². The lowest BCUT2D eigenvalue weighted by molar-refractivity contribution is -0.138. The molecular formula is C20H22N2O3. The molecule has 1 atom stereocenters. The van der Waals surface area contributed by atoms with Crippen molar-refractivity contribution in [2.75, 3.05) is 6.54 Å². The molecule has 2 aromatic carbocycles. The molecule has 0 aromatic heterocycles. The van der Waals surface area contributed by atoms with Gasteiger partial charge < -0.3 is 15.3 Å². The molecule has 1 aliphatic heterocycles. The van der Waals surface area contributed by atoms with E-state index in [1.807, 2.05) is 36.4 Å². The van der Waals surface area contributed by atoms with E-state index >= 15 is 0 Å². The smallest absolute Gasteiger partial charge is 0.243 e. The van der Waals surface area contributed by atoms with Gasteiger partial charge >= 0.3 is 0 Å². The minimum absolute atomic E-state index is 0.0128. The highest BCUT2D eigenvalue weighted by Gasteiger charge is 2.33. The van der Waals surface area contributed by atoms with Crippen molar-refractivity contribution in [2.45, 2.75) is 31.8 Å². The van der Waals surface area contributed by atoms with Crippen LogP contribution < -0.4 is 5.32 Å². The van der Waals surface area contributed by atoms with Crippen molar-refractivity contribution < 1.29 is 14.7 Å². The highest BCUT2D eigenvalue weighted by atomic mass is 16.3. The largest absolute Gasteiger partial charge is 0.508 e. The number of hydrogen-bond acceptors (Lipinski definition) is 3. The van der Waals surface area contributed by atoms with Crippen LogP contribution in [0.5, 0.6) is 5.75 Å². The monoisotopic (exact) mass is 338 g/mol. The van der Waals surface area contributed by atoms with Gasteiger partial charge in [-0.25, -0.2) is 0 Å². The molecule has 0 spiro atoms. The second-order valence-electron chi connectivity index (χ2n) is 6.30. The number of aromatic hydroxyl groups is 1. The fraction of sp³-hybridized carbons (Fsp3) is 0.300. The quantitative estimate of drug-likeness (QED) is 0.878. The fourth-order valence-corrected chi connectivity index (χ4v) is 3.18. The highest BCUT2D eigenvalue weighted by Crippen LogP contribution is 2.19. The van der Waals surface area contributed by atoms with Crippen LogP contribution in [0.15, 0.2) is 54.6 Å². The minimum Gasteiger partial charge on any atom is -0.508 e. The minimum atomic E-state index is -0.409. The van der Waals surface area contributed by atoms with Gasteiger partial charge in [-0.15, -0.1) is 0 Å². The third kappa shape index (κ3) is 4.38. The summed E-state index contributed by atoms with van der Waals surface area (Å²) in [6.07, 6.45) is 1.84. The van der Waals surface area contributed by atoms with Gasteiger partial charge in [0.1, 0.15) is 11.8 Å². The second-order valence-corrected chi connectivity index (χ2v) is 6.30. The Bertz CT molecular complexity index is 746. The molecular weight excluding hydrogens is 316 g/mol. The third-order valence-electron chi connectivity index (χ3n) is 4.45. The fourth-order valence-electron chi connectivity index (χ4n) is 3.18. The van der Waals surface area contributed by atoms with Crippen LogP contribution >= 0.6 is 0 Å². The van der Waals surface area contributed by atoms with Crippen molar-refractivity contribution in [3.63, 3.8) is 0 Å². The number of phenols is 1. The number of nitrogens with one attached hydrogen (secondary N) is 1. The summed E-state index contributed by atoms with van der Waals surface area (Å²) in [5.41, 5.74) is 1.78. The summed E-state index contributed by atoms with van der Waals surface area (Å²) in [7, 11) is 0. The summed E-state index contributed by atoms with van der Waals surface area (Å²) in [5, 5.41) is 12.4. The van der Waals surface area contributed by atoms with E-state index in [0.717, 1.165) is 17.5 Å². The van der Waals surface area contributed by atoms with Gasteiger partial charge in [0.25, 0.3) is 0 Å². The van der Waals surface area contributed by atoms with Crippen molar-refractivity contribution in [1.82, 2.24) is 10.2 Å². The molecule has 0 radical (unpaired) electrons. The molecule has 1 unspecified atom stereocenters. The Morgan fingerprint density at radius 3 is 2.60 bits per heavy atom. The maximum Gasteiger partial charge on any atom is 0.243 e. The number of carbonyl (C=O) groups is 2. The Hall–Kier alpha value is -2.82. The van der Waals surface area contributed by atoms with Gasteiger partial charge in [0, 0.05) is 13.1 Å². The van der Waals surface area contributed by atoms with Crippen LogP contribution in [-0.2, 0) is 22.6 Å². The zero-order valence-corrected chi connectivity index (χ0v) is 14.0. The summed E-state index contributed by atoms with van der Waals surface area (Å²) in [6.45, 7) is 0.959. The van der Waals surface area contributed by atoms with Crippen LogP contribution in [0.1, 0.15) is 24.0 Å². The molecule has 1 aliphatic rings. The lowest BCUT2D eigenvalue weighted by Gasteiger charge is -2.24. The van der Waals surface area contributed by atoms with Gasteiger partial charge in [-0.3, -0.25) is 9.59 Å². The van der Waals surface area contributed by atoms with E-state index in [1.165, 1.54) is 0 Å². The molecule has 2 N–H and O–H groups in total. The van der Waals surface area contributed by atoms with Crippen LogP contribution in [0.25, 0.3) is 0 Å². The van der Waals surface area contributed by atoms with E-state index < -0.39 is 6.04 Å². The molecule has 25 heavy (non-hydrogen) atoms. The van der Waals surface area contributed by atoms with Crippen LogP contribution in [-0.4, -0.2) is 34.4 Å². The number of likely N-dealkylation sites (tertiary alicyclic amines) is 1. The molecule has 1 saturated heterocycles. The normalized spacial score (nSPS) is 16.6. The highest BCUT2D eigenvalue weighted by molar-refractivity contribution is 5.89. The van der Waals surface area contributed by atoms with Crippen molar-refractivity contribution in [3.05, 3.63) is 65.7 Å². The van der Waals surface area contributed by atoms with Gasteiger partial charge in [0.05, 0.1) is 6.42 Å². The maximum absolute atomic E-state index is 12.6. The number of benzene rings is 2. The Kier molecular flexibility index (Phi) is 5.33. The summed E-state index contributed by atoms with van der Waals surface area (Å²) < 4.78 is 0. The number of phenolic OH excluding ortho intramolecular Hbond substituents is 1. The lowest BCUT2D eigenvalue weighted by atomic mass is 10.1. The summed E-state index contributed by atoms with van der Waals surface area (Å²) in [4.78, 5) is 26.8. The zero-order valence-electron chi connectivity index (χ0n) is 14.0. The number of nitrogens with zero attached hydrogens (tertiary/aromatic N) is 1. The van der Waals surface area contributed by atoms with E-state index in [-0.39, 0.29) is 17.6 Å². The average molecular weight is 338 g/mol. The van der Waals surface area contributed by atoms with Gasteiger partial charge in [0.2, 0.25) is 11.8 Å². The van der Waals surface area contributed by atoms with Gasteiger partial charge in [-0.05, 0) is 36.1 Å². The van der Waals surface area contributed by atoms with Gasteiger partial charge in [0.15, 0.2) is 0 Å². The predicted octanol–water partition coefficient (Wildman–Crippen LogP) is 2.24. The van der Waals surface area contributed by atoms with Crippen molar-refractivity contribution in [3.8, 4) is 5.75 Å². The summed E-state index contributed by atoms with van der Waals surface area (Å²) in [6, 6.07) is 16.0. The number of rotatable bonds is 5. The Labute approximate surface area is 147 Å². The molecule has 3 rings (SSSR count). The maximum atomic E-state index is 12.6. The molecule has 5 heteroatoms. The first-order valence-corrected chi connectivity index (χ1v) is 8.52. The van der Waals surface area contributed by atoms with E-state index in [2.05, 4.69) is 5.32 Å².